The third-order valence-corrected chi connectivity index (χ3v) is 5.55. The van der Waals surface area contributed by atoms with Crippen molar-refractivity contribution >= 4 is 29.2 Å². The molecule has 2 fully saturated rings. The first-order chi connectivity index (χ1) is 13.5. The maximum absolute atomic E-state index is 13.0. The van der Waals surface area contributed by atoms with Crippen molar-refractivity contribution in [1.82, 2.24) is 15.0 Å². The van der Waals surface area contributed by atoms with Crippen molar-refractivity contribution in [3.63, 3.8) is 0 Å². The van der Waals surface area contributed by atoms with Crippen LogP contribution in [0, 0.1) is 0 Å². The van der Waals surface area contributed by atoms with E-state index in [1.807, 2.05) is 12.1 Å². The molecule has 1 aromatic heterocycles. The van der Waals surface area contributed by atoms with Gasteiger partial charge in [-0.3, -0.25) is 4.79 Å². The highest BCUT2D eigenvalue weighted by Gasteiger charge is 2.37. The molecule has 1 unspecified atom stereocenters. The van der Waals surface area contributed by atoms with E-state index in [0.717, 1.165) is 30.6 Å². The molecule has 2 aliphatic rings. The predicted octanol–water partition coefficient (Wildman–Crippen LogP) is 3.86. The van der Waals surface area contributed by atoms with Crippen LogP contribution in [0.2, 0.25) is 5.02 Å². The van der Waals surface area contributed by atoms with E-state index in [2.05, 4.69) is 10.5 Å². The van der Waals surface area contributed by atoms with Crippen LogP contribution in [-0.2, 0) is 11.3 Å². The standard InChI is InChI=1S/C20H23ClN4O3/c1-24(12-13-4-8-15(21)9-5-13)19(26)17-3-2-10-25(17)20(27)23-16-11-22-28-18(16)14-6-7-14/h4-5,8-9,11,14,17H,2-3,6-7,10,12H2,1H3,(H,23,27). The van der Waals surface area contributed by atoms with Crippen LogP contribution in [0.25, 0.3) is 0 Å². The molecule has 1 aliphatic heterocycles. The SMILES string of the molecule is CN(Cc1ccc(Cl)cc1)C(=O)C1CCCN1C(=O)Nc1cnoc1C1CC1. The Balaban J connectivity index is 1.40. The molecule has 0 radical (unpaired) electrons. The minimum atomic E-state index is -0.457. The second kappa shape index (κ2) is 7.83. The highest BCUT2D eigenvalue weighted by molar-refractivity contribution is 6.30. The predicted molar refractivity (Wildman–Crippen MR) is 105 cm³/mol. The van der Waals surface area contributed by atoms with Crippen LogP contribution in [0.3, 0.4) is 0 Å². The van der Waals surface area contributed by atoms with E-state index < -0.39 is 6.04 Å². The first-order valence-corrected chi connectivity index (χ1v) is 9.92. The summed E-state index contributed by atoms with van der Waals surface area (Å²) < 4.78 is 5.27. The zero-order valence-corrected chi connectivity index (χ0v) is 16.5. The number of amides is 3. The van der Waals surface area contributed by atoms with Crippen LogP contribution in [-0.4, -0.2) is 46.5 Å². The van der Waals surface area contributed by atoms with E-state index in [-0.39, 0.29) is 11.9 Å². The second-order valence-corrected chi connectivity index (χ2v) is 7.92. The third kappa shape index (κ3) is 3.99. The van der Waals surface area contributed by atoms with Crippen LogP contribution >= 0.6 is 11.6 Å². The monoisotopic (exact) mass is 402 g/mol. The van der Waals surface area contributed by atoms with Crippen LogP contribution in [0.15, 0.2) is 35.0 Å². The first-order valence-electron chi connectivity index (χ1n) is 9.54. The van der Waals surface area contributed by atoms with Gasteiger partial charge in [0.2, 0.25) is 5.91 Å². The fourth-order valence-electron chi connectivity index (χ4n) is 3.63. The smallest absolute Gasteiger partial charge is 0.322 e. The number of rotatable bonds is 5. The molecular formula is C20H23ClN4O3. The number of likely N-dealkylation sites (tertiary alicyclic amines) is 1. The van der Waals surface area contributed by atoms with Gasteiger partial charge in [0.25, 0.3) is 0 Å². The van der Waals surface area contributed by atoms with Gasteiger partial charge in [0.05, 0.1) is 6.20 Å². The third-order valence-electron chi connectivity index (χ3n) is 5.30. The van der Waals surface area contributed by atoms with Crippen molar-refractivity contribution < 1.29 is 14.1 Å². The van der Waals surface area contributed by atoms with Gasteiger partial charge >= 0.3 is 6.03 Å². The van der Waals surface area contributed by atoms with E-state index in [9.17, 15) is 9.59 Å². The van der Waals surface area contributed by atoms with E-state index >= 15 is 0 Å². The van der Waals surface area contributed by atoms with Crippen molar-refractivity contribution in [1.29, 1.82) is 0 Å². The number of likely N-dealkylation sites (N-methyl/N-ethyl adjacent to an activating group) is 1. The summed E-state index contributed by atoms with van der Waals surface area (Å²) >= 11 is 5.92. The molecule has 2 heterocycles. The lowest BCUT2D eigenvalue weighted by molar-refractivity contribution is -0.134. The van der Waals surface area contributed by atoms with Gasteiger partial charge in [-0.15, -0.1) is 0 Å². The lowest BCUT2D eigenvalue weighted by Gasteiger charge is -2.28. The van der Waals surface area contributed by atoms with Crippen LogP contribution in [0.4, 0.5) is 10.5 Å². The fraction of sp³-hybridized carbons (Fsp3) is 0.450. The number of hydrogen-bond acceptors (Lipinski definition) is 4. The Morgan fingerprint density at radius 3 is 2.75 bits per heavy atom. The van der Waals surface area contributed by atoms with Crippen molar-refractivity contribution in [3.8, 4) is 0 Å². The molecule has 0 spiro atoms. The number of hydrogen-bond donors (Lipinski definition) is 1. The molecule has 7 nitrogen and oxygen atoms in total. The lowest BCUT2D eigenvalue weighted by Crippen LogP contribution is -2.47. The molecule has 1 N–H and O–H groups in total. The topological polar surface area (TPSA) is 78.7 Å². The van der Waals surface area contributed by atoms with E-state index in [0.29, 0.717) is 36.1 Å². The summed E-state index contributed by atoms with van der Waals surface area (Å²) in [5, 5.41) is 7.35. The minimum Gasteiger partial charge on any atom is -0.359 e. The quantitative estimate of drug-likeness (QED) is 0.823. The number of benzene rings is 1. The van der Waals surface area contributed by atoms with Gasteiger partial charge in [0, 0.05) is 31.1 Å². The molecular weight excluding hydrogens is 380 g/mol. The van der Waals surface area contributed by atoms with Crippen LogP contribution in [0.5, 0.6) is 0 Å². The minimum absolute atomic E-state index is 0.0599. The number of aromatic nitrogens is 1. The van der Waals surface area contributed by atoms with Gasteiger partial charge in [-0.1, -0.05) is 28.9 Å². The van der Waals surface area contributed by atoms with Crippen LogP contribution in [0.1, 0.15) is 42.9 Å². The Morgan fingerprint density at radius 2 is 2.04 bits per heavy atom. The fourth-order valence-corrected chi connectivity index (χ4v) is 3.76. The summed E-state index contributed by atoms with van der Waals surface area (Å²) in [6.45, 7) is 1.03. The summed E-state index contributed by atoms with van der Waals surface area (Å²) in [5.74, 6) is 1.02. The van der Waals surface area contributed by atoms with E-state index in [4.69, 9.17) is 16.1 Å². The number of carbonyl (C=O) groups excluding carboxylic acids is 2. The van der Waals surface area contributed by atoms with Gasteiger partial charge in [-0.25, -0.2) is 4.79 Å². The maximum Gasteiger partial charge on any atom is 0.322 e. The summed E-state index contributed by atoms with van der Waals surface area (Å²) in [7, 11) is 1.76. The zero-order chi connectivity index (χ0) is 19.7. The Bertz CT molecular complexity index is 863. The Labute approximate surface area is 168 Å². The average molecular weight is 403 g/mol. The molecule has 1 aliphatic carbocycles. The number of anilines is 1. The summed E-state index contributed by atoms with van der Waals surface area (Å²) in [5.41, 5.74) is 1.60. The molecule has 4 rings (SSSR count). The van der Waals surface area contributed by atoms with Gasteiger partial charge < -0.3 is 19.6 Å². The molecule has 0 bridgehead atoms. The Kier molecular flexibility index (Phi) is 5.26. The zero-order valence-electron chi connectivity index (χ0n) is 15.7. The molecule has 2 aromatic rings. The summed E-state index contributed by atoms with van der Waals surface area (Å²) in [4.78, 5) is 29.0. The normalized spacial score (nSPS) is 18.9. The Morgan fingerprint density at radius 1 is 1.29 bits per heavy atom. The molecule has 3 amide bonds. The van der Waals surface area contributed by atoms with Crippen molar-refractivity contribution in [3.05, 3.63) is 46.8 Å². The molecule has 148 valence electrons. The van der Waals surface area contributed by atoms with Crippen molar-refractivity contribution in [2.24, 2.45) is 0 Å². The summed E-state index contributed by atoms with van der Waals surface area (Å²) in [6.07, 6.45) is 5.11. The van der Waals surface area contributed by atoms with Crippen molar-refractivity contribution in [2.45, 2.75) is 44.2 Å². The second-order valence-electron chi connectivity index (χ2n) is 7.48. The average Bonchev–Trinajstić information content (AvgIpc) is 3.22. The lowest BCUT2D eigenvalue weighted by atomic mass is 10.1. The molecule has 8 heteroatoms. The van der Waals surface area contributed by atoms with Gasteiger partial charge in [0.15, 0.2) is 5.76 Å². The van der Waals surface area contributed by atoms with E-state index in [1.165, 1.54) is 6.20 Å². The van der Waals surface area contributed by atoms with Crippen LogP contribution < -0.4 is 5.32 Å². The van der Waals surface area contributed by atoms with Crippen molar-refractivity contribution in [2.75, 3.05) is 18.9 Å². The largest absolute Gasteiger partial charge is 0.359 e. The molecule has 1 saturated carbocycles. The van der Waals surface area contributed by atoms with Gasteiger partial charge in [0.1, 0.15) is 11.7 Å². The number of nitrogens with zero attached hydrogens (tertiary/aromatic N) is 3. The maximum atomic E-state index is 13.0. The van der Waals surface area contributed by atoms with E-state index in [1.54, 1.807) is 29.0 Å². The number of urea groups is 1. The molecule has 1 aromatic carbocycles. The number of nitrogens with one attached hydrogen (secondary N) is 1. The molecule has 1 atom stereocenters. The number of halogens is 1. The molecule has 28 heavy (non-hydrogen) atoms. The highest BCUT2D eigenvalue weighted by Crippen LogP contribution is 2.43. The number of carbonyl (C=O) groups is 2. The Hall–Kier alpha value is -2.54. The summed E-state index contributed by atoms with van der Waals surface area (Å²) in [6, 6.07) is 6.68. The first kappa shape index (κ1) is 18.8. The van der Waals surface area contributed by atoms with Gasteiger partial charge in [-0.05, 0) is 43.4 Å². The van der Waals surface area contributed by atoms with Gasteiger partial charge in [-0.2, -0.15) is 0 Å². The molecule has 1 saturated heterocycles. The highest BCUT2D eigenvalue weighted by atomic mass is 35.5.